The van der Waals surface area contributed by atoms with Crippen LogP contribution < -0.4 is 4.90 Å². The zero-order chi connectivity index (χ0) is 26.1. The number of piperazine rings is 1. The Labute approximate surface area is 219 Å². The Hall–Kier alpha value is -3.51. The van der Waals surface area contributed by atoms with Crippen molar-refractivity contribution >= 4 is 17.3 Å². The van der Waals surface area contributed by atoms with Gasteiger partial charge in [0.1, 0.15) is 5.82 Å². The Balaban J connectivity index is 1.36. The van der Waals surface area contributed by atoms with E-state index in [0.717, 1.165) is 16.8 Å². The number of rotatable bonds is 5. The van der Waals surface area contributed by atoms with E-state index in [0.29, 0.717) is 44.8 Å². The molecule has 0 spiro atoms. The van der Waals surface area contributed by atoms with Gasteiger partial charge in [-0.25, -0.2) is 9.40 Å². The van der Waals surface area contributed by atoms with E-state index in [1.165, 1.54) is 28.3 Å². The van der Waals surface area contributed by atoms with Gasteiger partial charge in [-0.05, 0) is 56.5 Å². The van der Waals surface area contributed by atoms with Gasteiger partial charge in [0.2, 0.25) is 0 Å². The van der Waals surface area contributed by atoms with Crippen LogP contribution in [0.15, 0.2) is 65.8 Å². The van der Waals surface area contributed by atoms with Crippen molar-refractivity contribution in [3.8, 4) is 0 Å². The van der Waals surface area contributed by atoms with Crippen molar-refractivity contribution in [2.24, 2.45) is 5.10 Å². The topological polar surface area (TPSA) is 39.2 Å². The summed E-state index contributed by atoms with van der Waals surface area (Å²) in [5.41, 5.74) is 8.59. The van der Waals surface area contributed by atoms with Crippen LogP contribution in [0.25, 0.3) is 0 Å². The van der Waals surface area contributed by atoms with Crippen LogP contribution in [0.3, 0.4) is 0 Å². The van der Waals surface area contributed by atoms with Gasteiger partial charge in [0, 0.05) is 38.2 Å². The molecule has 0 aromatic heterocycles. The maximum atomic E-state index is 14.2. The van der Waals surface area contributed by atoms with Crippen molar-refractivity contribution in [3.63, 3.8) is 0 Å². The van der Waals surface area contributed by atoms with Crippen LogP contribution in [-0.4, -0.2) is 54.3 Å². The molecule has 3 aromatic rings. The van der Waals surface area contributed by atoms with Crippen molar-refractivity contribution in [1.82, 2.24) is 9.91 Å². The molecule has 0 radical (unpaired) electrons. The first kappa shape index (κ1) is 25.2. The lowest BCUT2D eigenvalue weighted by molar-refractivity contribution is -0.134. The number of carbonyl (C=O) groups is 1. The lowest BCUT2D eigenvalue weighted by Gasteiger charge is -2.36. The predicted molar refractivity (Wildman–Crippen MR) is 148 cm³/mol. The molecule has 0 bridgehead atoms. The highest BCUT2D eigenvalue weighted by molar-refractivity contribution is 6.04. The largest absolute Gasteiger partial charge is 0.367 e. The third-order valence-electron chi connectivity index (χ3n) is 7.58. The highest BCUT2D eigenvalue weighted by Crippen LogP contribution is 2.36. The molecule has 2 heterocycles. The number of halogens is 1. The predicted octanol–water partition coefficient (Wildman–Crippen LogP) is 5.56. The van der Waals surface area contributed by atoms with Crippen molar-refractivity contribution in [2.45, 2.75) is 40.2 Å². The summed E-state index contributed by atoms with van der Waals surface area (Å²) in [7, 11) is 0. The number of carbonyl (C=O) groups excluding carboxylic acids is 1. The highest BCUT2D eigenvalue weighted by Gasteiger charge is 2.35. The van der Waals surface area contributed by atoms with Gasteiger partial charge in [0.15, 0.2) is 0 Å². The van der Waals surface area contributed by atoms with Gasteiger partial charge in [0.25, 0.3) is 5.91 Å². The molecular formula is C31H35FN4O. The number of hydrogen-bond donors (Lipinski definition) is 0. The molecule has 2 aliphatic rings. The number of benzene rings is 3. The maximum Gasteiger partial charge on any atom is 0.257 e. The molecule has 1 atom stereocenters. The van der Waals surface area contributed by atoms with Crippen molar-refractivity contribution in [1.29, 1.82) is 0 Å². The normalized spacial score (nSPS) is 18.3. The Kier molecular flexibility index (Phi) is 7.11. The summed E-state index contributed by atoms with van der Waals surface area (Å²) >= 11 is 0. The van der Waals surface area contributed by atoms with Gasteiger partial charge in [-0.1, -0.05) is 59.7 Å². The lowest BCUT2D eigenvalue weighted by atomic mass is 9.92. The molecule has 5 nitrogen and oxygen atoms in total. The highest BCUT2D eigenvalue weighted by atomic mass is 19.1. The molecule has 0 aliphatic carbocycles. The number of hydrogen-bond acceptors (Lipinski definition) is 4. The van der Waals surface area contributed by atoms with Crippen LogP contribution in [0.2, 0.25) is 0 Å². The lowest BCUT2D eigenvalue weighted by Crippen LogP contribution is -2.49. The van der Waals surface area contributed by atoms with E-state index >= 15 is 0 Å². The van der Waals surface area contributed by atoms with E-state index in [2.05, 4.69) is 73.9 Å². The molecule has 6 heteroatoms. The second kappa shape index (κ2) is 10.5. The van der Waals surface area contributed by atoms with Crippen LogP contribution in [-0.2, 0) is 4.79 Å². The number of nitrogens with zero attached hydrogens (tertiary/aromatic N) is 4. The molecule has 192 valence electrons. The molecule has 0 unspecified atom stereocenters. The summed E-state index contributed by atoms with van der Waals surface area (Å²) in [6, 6.07) is 19.6. The van der Waals surface area contributed by atoms with Gasteiger partial charge in [-0.15, -0.1) is 0 Å². The molecule has 1 fully saturated rings. The average molecular weight is 499 g/mol. The fourth-order valence-electron chi connectivity index (χ4n) is 5.52. The zero-order valence-corrected chi connectivity index (χ0v) is 22.2. The summed E-state index contributed by atoms with van der Waals surface area (Å²) in [4.78, 5) is 17.9. The SMILES string of the molecule is Cc1ccc(C2=NN(C(=O)CN3CCN(c4ccccc4F)CC3)[C@@H](c3cc(C)ccc3C)C2)c(C)c1. The maximum absolute atomic E-state index is 14.2. The summed E-state index contributed by atoms with van der Waals surface area (Å²) in [5.74, 6) is -0.196. The van der Waals surface area contributed by atoms with Crippen molar-refractivity contribution < 1.29 is 9.18 Å². The minimum Gasteiger partial charge on any atom is -0.367 e. The fraction of sp³-hybridized carbons (Fsp3) is 0.355. The summed E-state index contributed by atoms with van der Waals surface area (Å²) < 4.78 is 14.2. The third-order valence-corrected chi connectivity index (χ3v) is 7.58. The fourth-order valence-corrected chi connectivity index (χ4v) is 5.52. The van der Waals surface area contributed by atoms with E-state index in [9.17, 15) is 9.18 Å². The molecule has 5 rings (SSSR count). The number of aryl methyl sites for hydroxylation is 4. The van der Waals surface area contributed by atoms with Crippen LogP contribution in [0, 0.1) is 33.5 Å². The number of amides is 1. The number of anilines is 1. The first-order chi connectivity index (χ1) is 17.8. The van der Waals surface area contributed by atoms with E-state index < -0.39 is 0 Å². The van der Waals surface area contributed by atoms with E-state index in [4.69, 9.17) is 5.10 Å². The standard InChI is InChI=1S/C31H35FN4O/c1-21-10-12-25(24(4)17-21)28-19-30(26-18-22(2)9-11-23(26)3)36(33-28)31(37)20-34-13-15-35(16-14-34)29-8-6-5-7-27(29)32/h5-12,17-18,30H,13-16,19-20H2,1-4H3/t30-/m1/s1. The van der Waals surface area contributed by atoms with Crippen molar-refractivity contribution in [2.75, 3.05) is 37.6 Å². The summed E-state index contributed by atoms with van der Waals surface area (Å²) in [6.07, 6.45) is 0.695. The van der Waals surface area contributed by atoms with E-state index in [-0.39, 0.29) is 17.8 Å². The molecule has 0 saturated carbocycles. The van der Waals surface area contributed by atoms with E-state index in [1.807, 2.05) is 12.1 Å². The zero-order valence-electron chi connectivity index (χ0n) is 22.2. The van der Waals surface area contributed by atoms with Gasteiger partial charge in [0.05, 0.1) is 24.0 Å². The molecule has 37 heavy (non-hydrogen) atoms. The Bertz CT molecular complexity index is 1340. The Morgan fingerprint density at radius 1 is 0.892 bits per heavy atom. The Morgan fingerprint density at radius 3 is 2.32 bits per heavy atom. The number of hydrazone groups is 1. The minimum absolute atomic E-state index is 0.00464. The second-order valence-electron chi connectivity index (χ2n) is 10.4. The van der Waals surface area contributed by atoms with E-state index in [1.54, 1.807) is 11.1 Å². The molecule has 0 N–H and O–H groups in total. The minimum atomic E-state index is -0.200. The molecule has 2 aliphatic heterocycles. The van der Waals surface area contributed by atoms with Gasteiger partial charge in [-0.3, -0.25) is 9.69 Å². The second-order valence-corrected chi connectivity index (χ2v) is 10.4. The molecule has 3 aromatic carbocycles. The van der Waals surface area contributed by atoms with Crippen molar-refractivity contribution in [3.05, 3.63) is 99.9 Å². The van der Waals surface area contributed by atoms with Gasteiger partial charge < -0.3 is 4.90 Å². The summed E-state index contributed by atoms with van der Waals surface area (Å²) in [5, 5.41) is 6.65. The monoisotopic (exact) mass is 498 g/mol. The summed E-state index contributed by atoms with van der Waals surface area (Å²) in [6.45, 7) is 11.5. The Morgan fingerprint density at radius 2 is 1.59 bits per heavy atom. The van der Waals surface area contributed by atoms with Crippen LogP contribution in [0.5, 0.6) is 0 Å². The van der Waals surface area contributed by atoms with Crippen LogP contribution in [0.4, 0.5) is 10.1 Å². The first-order valence-electron chi connectivity index (χ1n) is 13.1. The average Bonchev–Trinajstić information content (AvgIpc) is 3.31. The molecular weight excluding hydrogens is 463 g/mol. The quantitative estimate of drug-likeness (QED) is 0.462. The van der Waals surface area contributed by atoms with Gasteiger partial charge >= 0.3 is 0 Å². The third kappa shape index (κ3) is 5.30. The molecule has 1 amide bonds. The smallest absolute Gasteiger partial charge is 0.257 e. The first-order valence-corrected chi connectivity index (χ1v) is 13.1. The van der Waals surface area contributed by atoms with Gasteiger partial charge in [-0.2, -0.15) is 5.10 Å². The van der Waals surface area contributed by atoms with Crippen LogP contribution >= 0.6 is 0 Å². The molecule has 1 saturated heterocycles. The number of para-hydroxylation sites is 1. The van der Waals surface area contributed by atoms with Crippen LogP contribution in [0.1, 0.15) is 45.8 Å².